The highest BCUT2D eigenvalue weighted by Gasteiger charge is 2.44. The molecule has 29 heavy (non-hydrogen) atoms. The van der Waals surface area contributed by atoms with Crippen LogP contribution >= 0.6 is 0 Å². The van der Waals surface area contributed by atoms with Crippen molar-refractivity contribution in [3.63, 3.8) is 0 Å². The summed E-state index contributed by atoms with van der Waals surface area (Å²) in [7, 11) is -3.49. The number of quaternary nitrogens is 1. The van der Waals surface area contributed by atoms with Crippen molar-refractivity contribution in [2.24, 2.45) is 5.92 Å². The molecule has 3 aliphatic rings. The molecule has 3 rings (SSSR count). The Hall–Kier alpha value is -0.780. The molecule has 1 spiro atoms. The summed E-state index contributed by atoms with van der Waals surface area (Å²) in [6.07, 6.45) is 2.29. The molecule has 1 amide bonds. The summed E-state index contributed by atoms with van der Waals surface area (Å²) in [6.45, 7) is 10.8. The van der Waals surface area contributed by atoms with Crippen LogP contribution in [0.15, 0.2) is 0 Å². The zero-order chi connectivity index (χ0) is 20.9. The monoisotopic (exact) mass is 433 g/mol. The van der Waals surface area contributed by atoms with Gasteiger partial charge in [0.15, 0.2) is 5.79 Å². The maximum absolute atomic E-state index is 13.0. The highest BCUT2D eigenvalue weighted by atomic mass is 32.2. The Kier molecular flexibility index (Phi) is 7.91. The topological polar surface area (TPSA) is 92.6 Å². The van der Waals surface area contributed by atoms with Gasteiger partial charge in [0.1, 0.15) is 0 Å². The fraction of sp³-hybridized carbons (Fsp3) is 0.947. The molecule has 168 valence electrons. The summed E-state index contributed by atoms with van der Waals surface area (Å²) < 4.78 is 40.4. The number of ether oxygens (including phenoxy) is 2. The lowest BCUT2D eigenvalue weighted by molar-refractivity contribution is -0.895. The zero-order valence-corrected chi connectivity index (χ0v) is 18.6. The number of piperidine rings is 2. The van der Waals surface area contributed by atoms with Crippen LogP contribution in [-0.2, 0) is 24.5 Å². The van der Waals surface area contributed by atoms with Crippen molar-refractivity contribution in [3.8, 4) is 0 Å². The molecular formula is C19H37N4O5S+. The Labute approximate surface area is 174 Å². The van der Waals surface area contributed by atoms with E-state index in [0.717, 1.165) is 19.6 Å². The minimum atomic E-state index is -3.49. The predicted molar refractivity (Wildman–Crippen MR) is 109 cm³/mol. The molecule has 0 aromatic rings. The summed E-state index contributed by atoms with van der Waals surface area (Å²) in [6, 6.07) is 0. The van der Waals surface area contributed by atoms with Crippen molar-refractivity contribution in [3.05, 3.63) is 0 Å². The van der Waals surface area contributed by atoms with Crippen LogP contribution in [0.25, 0.3) is 0 Å². The lowest BCUT2D eigenvalue weighted by atomic mass is 9.97. The quantitative estimate of drug-likeness (QED) is 0.503. The molecule has 0 bridgehead atoms. The molecule has 3 aliphatic heterocycles. The molecule has 0 aliphatic carbocycles. The molecule has 0 aromatic heterocycles. The zero-order valence-electron chi connectivity index (χ0n) is 17.8. The van der Waals surface area contributed by atoms with Crippen LogP contribution in [0, 0.1) is 5.92 Å². The van der Waals surface area contributed by atoms with Crippen LogP contribution in [0.5, 0.6) is 0 Å². The largest absolute Gasteiger partial charge is 0.350 e. The third-order valence-corrected chi connectivity index (χ3v) is 8.59. The number of hydrogen-bond acceptors (Lipinski definition) is 5. The average Bonchev–Trinajstić information content (AvgIpc) is 3.19. The van der Waals surface area contributed by atoms with Gasteiger partial charge in [-0.3, -0.25) is 4.79 Å². The van der Waals surface area contributed by atoms with Crippen molar-refractivity contribution in [2.45, 2.75) is 45.3 Å². The van der Waals surface area contributed by atoms with Gasteiger partial charge in [-0.1, -0.05) is 0 Å². The highest BCUT2D eigenvalue weighted by Crippen LogP contribution is 2.33. The molecular weight excluding hydrogens is 396 g/mol. The van der Waals surface area contributed by atoms with Gasteiger partial charge in [0.25, 0.3) is 10.2 Å². The van der Waals surface area contributed by atoms with E-state index in [1.807, 2.05) is 0 Å². The van der Waals surface area contributed by atoms with Crippen molar-refractivity contribution in [1.29, 1.82) is 0 Å². The molecule has 3 heterocycles. The van der Waals surface area contributed by atoms with Gasteiger partial charge in [-0.15, -0.1) is 0 Å². The Balaban J connectivity index is 1.43. The van der Waals surface area contributed by atoms with Gasteiger partial charge in [0.2, 0.25) is 5.91 Å². The lowest BCUT2D eigenvalue weighted by Gasteiger charge is -2.40. The number of nitrogens with one attached hydrogen (secondary N) is 2. The van der Waals surface area contributed by atoms with Gasteiger partial charge in [0, 0.05) is 44.9 Å². The van der Waals surface area contributed by atoms with Crippen molar-refractivity contribution < 1.29 is 27.6 Å². The predicted octanol–water partition coefficient (Wildman–Crippen LogP) is -1.18. The second-order valence-corrected chi connectivity index (χ2v) is 10.1. The number of likely N-dealkylation sites (N-methyl/N-ethyl adjacent to an activating group) is 1. The van der Waals surface area contributed by atoms with Crippen LogP contribution in [0.2, 0.25) is 0 Å². The normalized spacial score (nSPS) is 24.4. The van der Waals surface area contributed by atoms with E-state index in [4.69, 9.17) is 9.47 Å². The minimum absolute atomic E-state index is 0.0593. The van der Waals surface area contributed by atoms with Crippen LogP contribution in [-0.4, -0.2) is 94.3 Å². The smallest absolute Gasteiger partial charge is 0.281 e. The molecule has 10 heteroatoms. The minimum Gasteiger partial charge on any atom is -0.350 e. The summed E-state index contributed by atoms with van der Waals surface area (Å²) in [5, 5.41) is 3.03. The molecule has 2 N–H and O–H groups in total. The Morgan fingerprint density at radius 3 is 2.14 bits per heavy atom. The molecule has 9 nitrogen and oxygen atoms in total. The first-order chi connectivity index (χ1) is 13.9. The maximum atomic E-state index is 13.0. The summed E-state index contributed by atoms with van der Waals surface area (Å²) >= 11 is 0. The molecule has 0 unspecified atom stereocenters. The molecule has 0 atom stereocenters. The lowest BCUT2D eigenvalue weighted by Crippen LogP contribution is -3.12. The van der Waals surface area contributed by atoms with E-state index >= 15 is 0 Å². The van der Waals surface area contributed by atoms with Crippen LogP contribution in [0.4, 0.5) is 0 Å². The first-order valence-corrected chi connectivity index (χ1v) is 12.4. The fourth-order valence-corrected chi connectivity index (χ4v) is 6.11. The fourth-order valence-electron chi connectivity index (χ4n) is 4.47. The summed E-state index contributed by atoms with van der Waals surface area (Å²) in [4.78, 5) is 13.9. The van der Waals surface area contributed by atoms with E-state index in [-0.39, 0.29) is 11.8 Å². The van der Waals surface area contributed by atoms with Crippen LogP contribution < -0.4 is 10.2 Å². The molecule has 3 fully saturated rings. The number of carbonyl (C=O) groups is 1. The molecule has 0 saturated carbocycles. The van der Waals surface area contributed by atoms with E-state index in [1.54, 1.807) is 0 Å². The first-order valence-electron chi connectivity index (χ1n) is 11.0. The number of carbonyl (C=O) groups excluding carboxylic acids is 1. The van der Waals surface area contributed by atoms with E-state index in [2.05, 4.69) is 19.2 Å². The number of hydrogen-bond donors (Lipinski definition) is 2. The third-order valence-electron chi connectivity index (χ3n) is 6.55. The highest BCUT2D eigenvalue weighted by molar-refractivity contribution is 7.86. The summed E-state index contributed by atoms with van der Waals surface area (Å²) in [5.74, 6) is -0.619. The van der Waals surface area contributed by atoms with E-state index in [0.29, 0.717) is 71.6 Å². The van der Waals surface area contributed by atoms with Gasteiger partial charge in [-0.25, -0.2) is 0 Å². The average molecular weight is 434 g/mol. The van der Waals surface area contributed by atoms with Crippen molar-refractivity contribution in [1.82, 2.24) is 13.9 Å². The Bertz CT molecular complexity index is 631. The molecule has 0 radical (unpaired) electrons. The maximum Gasteiger partial charge on any atom is 0.281 e. The SMILES string of the molecule is CC[NH+](CC)CCNC(=O)C1CCN(S(=O)(=O)N2CCC3(CC2)OCCO3)CC1. The van der Waals surface area contributed by atoms with Crippen molar-refractivity contribution in [2.75, 3.05) is 65.6 Å². The van der Waals surface area contributed by atoms with E-state index in [9.17, 15) is 13.2 Å². The third kappa shape index (κ3) is 5.48. The second kappa shape index (κ2) is 10.0. The summed E-state index contributed by atoms with van der Waals surface area (Å²) in [5.41, 5.74) is 0. The number of rotatable bonds is 8. The van der Waals surface area contributed by atoms with Crippen LogP contribution in [0.1, 0.15) is 39.5 Å². The standard InChI is InChI=1S/C19H36N4O5S/c1-3-21(4-2)14-9-20-18(24)17-5-10-22(11-6-17)29(25,26)23-12-7-19(8-13-23)27-15-16-28-19/h17H,3-16H2,1-2H3,(H,20,24)/p+1. The van der Waals surface area contributed by atoms with Crippen molar-refractivity contribution >= 4 is 16.1 Å². The van der Waals surface area contributed by atoms with E-state index < -0.39 is 16.0 Å². The Morgan fingerprint density at radius 2 is 1.59 bits per heavy atom. The van der Waals surface area contributed by atoms with E-state index in [1.165, 1.54) is 13.5 Å². The Morgan fingerprint density at radius 1 is 1.03 bits per heavy atom. The van der Waals surface area contributed by atoms with Gasteiger partial charge >= 0.3 is 0 Å². The van der Waals surface area contributed by atoms with Gasteiger partial charge < -0.3 is 19.7 Å². The molecule has 0 aromatic carbocycles. The van der Waals surface area contributed by atoms with Gasteiger partial charge in [0.05, 0.1) is 39.4 Å². The number of nitrogens with zero attached hydrogens (tertiary/aromatic N) is 2. The molecule has 3 saturated heterocycles. The van der Waals surface area contributed by atoms with Crippen LogP contribution in [0.3, 0.4) is 0 Å². The van der Waals surface area contributed by atoms with Gasteiger partial charge in [-0.2, -0.15) is 17.0 Å². The number of amides is 1. The second-order valence-electron chi connectivity index (χ2n) is 8.19. The first kappa shape index (κ1) is 22.9. The van der Waals surface area contributed by atoms with Gasteiger partial charge in [-0.05, 0) is 26.7 Å².